The van der Waals surface area contributed by atoms with E-state index in [0.717, 1.165) is 18.9 Å². The quantitative estimate of drug-likeness (QED) is 0.657. The van der Waals surface area contributed by atoms with Gasteiger partial charge in [0.05, 0.1) is 4.92 Å². The number of halogens is 3. The minimum absolute atomic E-state index is 0.339. The average Bonchev–Trinajstić information content (AvgIpc) is 2.85. The largest absolute Gasteiger partial charge is 0.442 e. The minimum Gasteiger partial charge on any atom is -0.324 e. The van der Waals surface area contributed by atoms with E-state index in [2.05, 4.69) is 10.4 Å². The lowest BCUT2D eigenvalue weighted by atomic mass is 10.1. The Labute approximate surface area is 140 Å². The van der Waals surface area contributed by atoms with Crippen molar-refractivity contribution >= 4 is 17.3 Å². The van der Waals surface area contributed by atoms with Gasteiger partial charge in [-0.1, -0.05) is 19.1 Å². The molecule has 1 amide bonds. The molecule has 10 heteroatoms. The molecular weight excluding hydrogens is 341 g/mol. The van der Waals surface area contributed by atoms with Crippen LogP contribution in [0.4, 0.5) is 24.5 Å². The van der Waals surface area contributed by atoms with Gasteiger partial charge in [-0.05, 0) is 31.0 Å². The van der Waals surface area contributed by atoms with Gasteiger partial charge in [0.1, 0.15) is 12.2 Å². The Morgan fingerprint density at radius 3 is 2.36 bits per heavy atom. The summed E-state index contributed by atoms with van der Waals surface area (Å²) in [6.07, 6.45) is -4.16. The Morgan fingerprint density at radius 1 is 1.32 bits per heavy atom. The molecule has 1 aromatic heterocycles. The highest BCUT2D eigenvalue weighted by Crippen LogP contribution is 2.36. The first-order valence-corrected chi connectivity index (χ1v) is 7.31. The number of carbonyl (C=O) groups is 1. The lowest BCUT2D eigenvalue weighted by Gasteiger charge is -2.07. The number of alkyl halides is 3. The van der Waals surface area contributed by atoms with E-state index in [1.165, 1.54) is 0 Å². The highest BCUT2D eigenvalue weighted by Gasteiger charge is 2.44. The molecule has 0 atom stereocenters. The molecule has 7 nitrogen and oxygen atoms in total. The number of benzene rings is 1. The van der Waals surface area contributed by atoms with Crippen molar-refractivity contribution in [3.63, 3.8) is 0 Å². The van der Waals surface area contributed by atoms with Crippen molar-refractivity contribution in [2.24, 2.45) is 0 Å². The standard InChI is InChI=1S/C15H15F3N4O3/c1-3-10-4-6-11(7-5-10)19-12(23)8-21-9(2)13(22(24)25)14(20-21)15(16,17)18/h4-7H,3,8H2,1-2H3,(H,19,23). The van der Waals surface area contributed by atoms with E-state index < -0.39 is 34.9 Å². The zero-order valence-electron chi connectivity index (χ0n) is 13.4. The van der Waals surface area contributed by atoms with Crippen LogP contribution in [0.25, 0.3) is 0 Å². The molecule has 0 unspecified atom stereocenters. The molecule has 25 heavy (non-hydrogen) atoms. The SMILES string of the molecule is CCc1ccc(NC(=O)Cn2nc(C(F)(F)F)c([N+](=O)[O-])c2C)cc1. The molecule has 0 aliphatic heterocycles. The zero-order chi connectivity index (χ0) is 18.8. The molecule has 0 saturated heterocycles. The third-order valence-corrected chi connectivity index (χ3v) is 3.57. The fraction of sp³-hybridized carbons (Fsp3) is 0.333. The Hall–Kier alpha value is -2.91. The van der Waals surface area contributed by atoms with Crippen LogP contribution in [0.5, 0.6) is 0 Å². The molecule has 0 fully saturated rings. The number of anilines is 1. The Kier molecular flexibility index (Phi) is 5.10. The summed E-state index contributed by atoms with van der Waals surface area (Å²) in [6, 6.07) is 6.94. The number of carbonyl (C=O) groups excluding carboxylic acids is 1. The molecule has 0 saturated carbocycles. The molecule has 1 N–H and O–H groups in total. The second-order valence-corrected chi connectivity index (χ2v) is 5.29. The third kappa shape index (κ3) is 4.14. The fourth-order valence-corrected chi connectivity index (χ4v) is 2.26. The van der Waals surface area contributed by atoms with Crippen molar-refractivity contribution in [1.29, 1.82) is 0 Å². The predicted octanol–water partition coefficient (Wildman–Crippen LogP) is 3.32. The molecule has 0 aliphatic rings. The van der Waals surface area contributed by atoms with Crippen molar-refractivity contribution in [2.75, 3.05) is 5.32 Å². The van der Waals surface area contributed by atoms with Gasteiger partial charge in [-0.15, -0.1) is 0 Å². The molecule has 0 aliphatic carbocycles. The van der Waals surface area contributed by atoms with Crippen LogP contribution < -0.4 is 5.32 Å². The smallest absolute Gasteiger partial charge is 0.324 e. The maximum Gasteiger partial charge on any atom is 0.442 e. The van der Waals surface area contributed by atoms with Crippen molar-refractivity contribution < 1.29 is 22.9 Å². The normalized spacial score (nSPS) is 11.4. The highest BCUT2D eigenvalue weighted by molar-refractivity contribution is 5.90. The lowest BCUT2D eigenvalue weighted by Crippen LogP contribution is -2.20. The first-order chi connectivity index (χ1) is 11.6. The van der Waals surface area contributed by atoms with Crippen molar-refractivity contribution in [3.05, 3.63) is 51.3 Å². The Balaban J connectivity index is 2.21. The number of nitrogens with one attached hydrogen (secondary N) is 1. The van der Waals surface area contributed by atoms with E-state index in [1.54, 1.807) is 24.3 Å². The summed E-state index contributed by atoms with van der Waals surface area (Å²) in [7, 11) is 0. The van der Waals surface area contributed by atoms with E-state index in [0.29, 0.717) is 10.4 Å². The van der Waals surface area contributed by atoms with E-state index >= 15 is 0 Å². The summed E-state index contributed by atoms with van der Waals surface area (Å²) in [4.78, 5) is 21.7. The van der Waals surface area contributed by atoms with Gasteiger partial charge < -0.3 is 5.32 Å². The lowest BCUT2D eigenvalue weighted by molar-refractivity contribution is -0.388. The summed E-state index contributed by atoms with van der Waals surface area (Å²) in [5.74, 6) is -0.640. The van der Waals surface area contributed by atoms with Gasteiger partial charge in [0.25, 0.3) is 0 Å². The molecule has 2 rings (SSSR count). The van der Waals surface area contributed by atoms with Gasteiger partial charge in [-0.3, -0.25) is 19.6 Å². The van der Waals surface area contributed by atoms with Crippen LogP contribution in [0.15, 0.2) is 24.3 Å². The minimum atomic E-state index is -4.98. The van der Waals surface area contributed by atoms with E-state index in [4.69, 9.17) is 0 Å². The van der Waals surface area contributed by atoms with E-state index in [-0.39, 0.29) is 5.69 Å². The van der Waals surface area contributed by atoms with E-state index in [1.807, 2.05) is 6.92 Å². The summed E-state index contributed by atoms with van der Waals surface area (Å²) >= 11 is 0. The summed E-state index contributed by atoms with van der Waals surface area (Å²) in [5, 5.41) is 16.6. The first-order valence-electron chi connectivity index (χ1n) is 7.31. The number of aryl methyl sites for hydroxylation is 1. The molecule has 1 heterocycles. The van der Waals surface area contributed by atoms with Gasteiger partial charge in [0.2, 0.25) is 11.6 Å². The van der Waals surface area contributed by atoms with Crippen LogP contribution in [-0.4, -0.2) is 20.6 Å². The van der Waals surface area contributed by atoms with Crippen LogP contribution in [-0.2, 0) is 23.9 Å². The van der Waals surface area contributed by atoms with Crippen molar-refractivity contribution in [2.45, 2.75) is 33.0 Å². The Bertz CT molecular complexity index is 798. The maximum absolute atomic E-state index is 12.9. The average molecular weight is 356 g/mol. The molecule has 1 aromatic carbocycles. The molecule has 0 bridgehead atoms. The zero-order valence-corrected chi connectivity index (χ0v) is 13.4. The number of nitrogens with zero attached hydrogens (tertiary/aromatic N) is 3. The topological polar surface area (TPSA) is 90.1 Å². The molecular formula is C15H15F3N4O3. The number of hydrogen-bond donors (Lipinski definition) is 1. The predicted molar refractivity (Wildman–Crippen MR) is 83.1 cm³/mol. The van der Waals surface area contributed by atoms with Crippen LogP contribution >= 0.6 is 0 Å². The summed E-state index contributed by atoms with van der Waals surface area (Å²) in [6.45, 7) is 2.52. The Morgan fingerprint density at radius 2 is 1.92 bits per heavy atom. The molecule has 0 radical (unpaired) electrons. The molecule has 134 valence electrons. The highest BCUT2D eigenvalue weighted by atomic mass is 19.4. The van der Waals surface area contributed by atoms with Gasteiger partial charge in [-0.25, -0.2) is 0 Å². The number of nitro groups is 1. The van der Waals surface area contributed by atoms with Gasteiger partial charge in [0, 0.05) is 5.69 Å². The third-order valence-electron chi connectivity index (χ3n) is 3.57. The summed E-state index contributed by atoms with van der Waals surface area (Å²) < 4.78 is 39.3. The van der Waals surface area contributed by atoms with E-state index in [9.17, 15) is 28.1 Å². The van der Waals surface area contributed by atoms with Gasteiger partial charge in [-0.2, -0.15) is 18.3 Å². The van der Waals surface area contributed by atoms with Crippen LogP contribution in [0.3, 0.4) is 0 Å². The second kappa shape index (κ2) is 6.91. The second-order valence-electron chi connectivity index (χ2n) is 5.29. The van der Waals surface area contributed by atoms with Gasteiger partial charge >= 0.3 is 11.9 Å². The molecule has 2 aromatic rings. The molecule has 0 spiro atoms. The number of rotatable bonds is 5. The van der Waals surface area contributed by atoms with Crippen molar-refractivity contribution in [1.82, 2.24) is 9.78 Å². The van der Waals surface area contributed by atoms with Crippen molar-refractivity contribution in [3.8, 4) is 0 Å². The first kappa shape index (κ1) is 18.4. The maximum atomic E-state index is 12.9. The van der Waals surface area contributed by atoms with Crippen LogP contribution in [0, 0.1) is 17.0 Å². The monoisotopic (exact) mass is 356 g/mol. The number of aromatic nitrogens is 2. The number of amides is 1. The summed E-state index contributed by atoms with van der Waals surface area (Å²) in [5.41, 5.74) is -1.57. The fourth-order valence-electron chi connectivity index (χ4n) is 2.26. The van der Waals surface area contributed by atoms with Gasteiger partial charge in [0.15, 0.2) is 0 Å². The van der Waals surface area contributed by atoms with Crippen LogP contribution in [0.1, 0.15) is 23.9 Å². The van der Waals surface area contributed by atoms with Crippen LogP contribution in [0.2, 0.25) is 0 Å². The number of hydrogen-bond acceptors (Lipinski definition) is 4.